The molecule has 0 radical (unpaired) electrons. The first kappa shape index (κ1) is 26.7. The number of aryl methyl sites for hydroxylation is 1. The summed E-state index contributed by atoms with van der Waals surface area (Å²) >= 11 is 1.21. The monoisotopic (exact) mass is 507 g/mol. The van der Waals surface area contributed by atoms with Crippen LogP contribution < -0.4 is 10.6 Å². The Kier molecular flexibility index (Phi) is 9.82. The summed E-state index contributed by atoms with van der Waals surface area (Å²) in [7, 11) is 0. The smallest absolute Gasteiger partial charge is 0.338 e. The molecule has 36 heavy (non-hydrogen) atoms. The molecule has 0 fully saturated rings. The summed E-state index contributed by atoms with van der Waals surface area (Å²) in [5.74, 6) is -0.267. The van der Waals surface area contributed by atoms with Crippen LogP contribution in [-0.4, -0.2) is 44.9 Å². The summed E-state index contributed by atoms with van der Waals surface area (Å²) < 4.78 is 6.94. The number of aromatic nitrogens is 3. The van der Waals surface area contributed by atoms with Crippen LogP contribution in [0.1, 0.15) is 45.4 Å². The fourth-order valence-corrected chi connectivity index (χ4v) is 4.01. The van der Waals surface area contributed by atoms with Crippen molar-refractivity contribution >= 4 is 35.2 Å². The highest BCUT2D eigenvalue weighted by Gasteiger charge is 2.15. The van der Waals surface area contributed by atoms with Crippen molar-refractivity contribution in [3.63, 3.8) is 0 Å². The second kappa shape index (κ2) is 13.2. The number of esters is 1. The van der Waals surface area contributed by atoms with Gasteiger partial charge < -0.3 is 19.9 Å². The third-order valence-electron chi connectivity index (χ3n) is 4.94. The van der Waals surface area contributed by atoms with Crippen molar-refractivity contribution in [2.45, 2.75) is 38.5 Å². The van der Waals surface area contributed by atoms with Crippen molar-refractivity contribution in [3.8, 4) is 0 Å². The molecule has 0 aliphatic carbocycles. The lowest BCUT2D eigenvalue weighted by Crippen LogP contribution is -2.25. The quantitative estimate of drug-likeness (QED) is 0.216. The number of hydrogen-bond acceptors (Lipinski definition) is 7. The van der Waals surface area contributed by atoms with Gasteiger partial charge in [0.2, 0.25) is 5.91 Å². The molecule has 2 N–H and O–H groups in total. The first-order chi connectivity index (χ1) is 17.4. The second-order valence-electron chi connectivity index (χ2n) is 7.90. The van der Waals surface area contributed by atoms with Crippen molar-refractivity contribution in [3.05, 3.63) is 83.7 Å². The molecule has 0 aliphatic heterocycles. The maximum Gasteiger partial charge on any atom is 0.338 e. The Balaban J connectivity index is 1.58. The summed E-state index contributed by atoms with van der Waals surface area (Å²) in [4.78, 5) is 37.1. The van der Waals surface area contributed by atoms with Gasteiger partial charge in [-0.1, -0.05) is 48.5 Å². The van der Waals surface area contributed by atoms with Gasteiger partial charge in [-0.15, -0.1) is 16.8 Å². The number of carbonyl (C=O) groups is 3. The number of allylic oxidation sites excluding steroid dienone is 1. The summed E-state index contributed by atoms with van der Waals surface area (Å²) in [6, 6.07) is 13.9. The Hall–Kier alpha value is -3.92. The minimum absolute atomic E-state index is 0.0788. The van der Waals surface area contributed by atoms with Gasteiger partial charge in [0.05, 0.1) is 24.5 Å². The number of hydrogen-bond donors (Lipinski definition) is 2. The molecule has 2 amide bonds. The summed E-state index contributed by atoms with van der Waals surface area (Å²) in [6.07, 6.45) is 2.43. The molecular formula is C26H29N5O4S. The normalized spacial score (nSPS) is 10.5. The highest BCUT2D eigenvalue weighted by molar-refractivity contribution is 7.99. The van der Waals surface area contributed by atoms with Crippen LogP contribution in [0.4, 0.5) is 5.69 Å². The van der Waals surface area contributed by atoms with Crippen LogP contribution in [0, 0.1) is 6.92 Å². The number of benzene rings is 2. The number of thioether (sulfide) groups is 1. The van der Waals surface area contributed by atoms with Crippen molar-refractivity contribution in [1.29, 1.82) is 0 Å². The molecule has 0 unspecified atom stereocenters. The zero-order chi connectivity index (χ0) is 25.9. The third kappa shape index (κ3) is 7.54. The Morgan fingerprint density at radius 3 is 2.64 bits per heavy atom. The van der Waals surface area contributed by atoms with E-state index in [1.54, 1.807) is 41.0 Å². The first-order valence-electron chi connectivity index (χ1n) is 11.5. The van der Waals surface area contributed by atoms with Crippen LogP contribution in [0.5, 0.6) is 0 Å². The predicted molar refractivity (Wildman–Crippen MR) is 139 cm³/mol. The van der Waals surface area contributed by atoms with E-state index in [4.69, 9.17) is 4.74 Å². The Labute approximate surface area is 214 Å². The largest absolute Gasteiger partial charge is 0.462 e. The van der Waals surface area contributed by atoms with Gasteiger partial charge >= 0.3 is 5.97 Å². The predicted octanol–water partition coefficient (Wildman–Crippen LogP) is 4.00. The molecule has 3 rings (SSSR count). The third-order valence-corrected chi connectivity index (χ3v) is 5.91. The van der Waals surface area contributed by atoms with Crippen LogP contribution in [0.2, 0.25) is 0 Å². The molecule has 9 nitrogen and oxygen atoms in total. The number of ether oxygens (including phenoxy) is 1. The average molecular weight is 508 g/mol. The van der Waals surface area contributed by atoms with Crippen LogP contribution in [0.15, 0.2) is 66.3 Å². The van der Waals surface area contributed by atoms with Crippen LogP contribution in [-0.2, 0) is 22.6 Å². The Morgan fingerprint density at radius 1 is 1.11 bits per heavy atom. The van der Waals surface area contributed by atoms with Crippen LogP contribution >= 0.6 is 11.8 Å². The first-order valence-corrected chi connectivity index (χ1v) is 12.5. The molecule has 0 spiro atoms. The van der Waals surface area contributed by atoms with Gasteiger partial charge in [0, 0.05) is 17.8 Å². The zero-order valence-electron chi connectivity index (χ0n) is 20.3. The number of carbonyl (C=O) groups excluding carboxylic acids is 3. The van der Waals surface area contributed by atoms with E-state index in [-0.39, 0.29) is 24.1 Å². The SMILES string of the molecule is C=CCn1c(CNC(=O)c2cccc(C)c2)nnc1SCC(=O)Nc1cccc(C(=O)OCCC)c1. The topological polar surface area (TPSA) is 115 Å². The van der Waals surface area contributed by atoms with E-state index < -0.39 is 5.97 Å². The lowest BCUT2D eigenvalue weighted by molar-refractivity contribution is -0.113. The van der Waals surface area contributed by atoms with E-state index in [0.29, 0.717) is 40.9 Å². The van der Waals surface area contributed by atoms with E-state index in [2.05, 4.69) is 27.4 Å². The van der Waals surface area contributed by atoms with Crippen molar-refractivity contribution in [1.82, 2.24) is 20.1 Å². The van der Waals surface area contributed by atoms with E-state index in [1.807, 2.05) is 32.0 Å². The highest BCUT2D eigenvalue weighted by Crippen LogP contribution is 2.19. The van der Waals surface area contributed by atoms with Gasteiger partial charge in [-0.05, 0) is 43.7 Å². The molecule has 1 aromatic heterocycles. The number of anilines is 1. The van der Waals surface area contributed by atoms with Gasteiger partial charge in [0.25, 0.3) is 5.91 Å². The highest BCUT2D eigenvalue weighted by atomic mass is 32.2. The summed E-state index contributed by atoms with van der Waals surface area (Å²) in [5.41, 5.74) is 2.44. The van der Waals surface area contributed by atoms with E-state index in [9.17, 15) is 14.4 Å². The minimum Gasteiger partial charge on any atom is -0.462 e. The van der Waals surface area contributed by atoms with E-state index in [0.717, 1.165) is 12.0 Å². The standard InChI is InChI=1S/C26H29N5O4S/c1-4-12-31-22(16-27-24(33)19-9-6-8-18(3)14-19)29-30-26(31)36-17-23(32)28-21-11-7-10-20(15-21)25(34)35-13-5-2/h4,6-11,14-15H,1,5,12-13,16-17H2,2-3H3,(H,27,33)(H,28,32). The van der Waals surface area contributed by atoms with Gasteiger partial charge in [-0.3, -0.25) is 9.59 Å². The molecule has 188 valence electrons. The molecule has 0 saturated carbocycles. The molecule has 1 heterocycles. The zero-order valence-corrected chi connectivity index (χ0v) is 21.1. The minimum atomic E-state index is -0.429. The van der Waals surface area contributed by atoms with Gasteiger partial charge in [0.1, 0.15) is 0 Å². The van der Waals surface area contributed by atoms with E-state index in [1.165, 1.54) is 11.8 Å². The van der Waals surface area contributed by atoms with Gasteiger partial charge in [0.15, 0.2) is 11.0 Å². The molecule has 0 atom stereocenters. The van der Waals surface area contributed by atoms with Crippen molar-refractivity contribution < 1.29 is 19.1 Å². The van der Waals surface area contributed by atoms with Crippen molar-refractivity contribution in [2.24, 2.45) is 0 Å². The number of rotatable bonds is 12. The second-order valence-corrected chi connectivity index (χ2v) is 8.85. The number of amides is 2. The van der Waals surface area contributed by atoms with Gasteiger partial charge in [-0.25, -0.2) is 4.79 Å². The molecule has 2 aromatic carbocycles. The maximum atomic E-state index is 12.5. The molecule has 0 aliphatic rings. The van der Waals surface area contributed by atoms with E-state index >= 15 is 0 Å². The Morgan fingerprint density at radius 2 is 1.89 bits per heavy atom. The fraction of sp³-hybridized carbons (Fsp3) is 0.269. The fourth-order valence-electron chi connectivity index (χ4n) is 3.25. The molecule has 0 saturated heterocycles. The summed E-state index contributed by atoms with van der Waals surface area (Å²) in [6.45, 7) is 8.57. The van der Waals surface area contributed by atoms with Crippen LogP contribution in [0.25, 0.3) is 0 Å². The number of nitrogens with zero attached hydrogens (tertiary/aromatic N) is 3. The summed E-state index contributed by atoms with van der Waals surface area (Å²) in [5, 5.41) is 14.5. The van der Waals surface area contributed by atoms with Crippen LogP contribution in [0.3, 0.4) is 0 Å². The lowest BCUT2D eigenvalue weighted by Gasteiger charge is -2.10. The average Bonchev–Trinajstić information content (AvgIpc) is 3.26. The maximum absolute atomic E-state index is 12.5. The van der Waals surface area contributed by atoms with Crippen molar-refractivity contribution in [2.75, 3.05) is 17.7 Å². The Bertz CT molecular complexity index is 1240. The molecular weight excluding hydrogens is 478 g/mol. The molecule has 0 bridgehead atoms. The van der Waals surface area contributed by atoms with Gasteiger partial charge in [-0.2, -0.15) is 0 Å². The number of nitrogens with one attached hydrogen (secondary N) is 2. The molecule has 10 heteroatoms. The molecule has 3 aromatic rings. The lowest BCUT2D eigenvalue weighted by atomic mass is 10.1.